The van der Waals surface area contributed by atoms with Gasteiger partial charge in [-0.25, -0.2) is 0 Å². The molecule has 146 valence electrons. The van der Waals surface area contributed by atoms with Gasteiger partial charge in [-0.1, -0.05) is 34.1 Å². The van der Waals surface area contributed by atoms with Crippen LogP contribution in [0.2, 0.25) is 0 Å². The summed E-state index contributed by atoms with van der Waals surface area (Å²) in [5.74, 6) is 0.847. The van der Waals surface area contributed by atoms with Crippen molar-refractivity contribution in [2.24, 2.45) is 17.8 Å². The molecular weight excluding hydrogens is 318 g/mol. The highest BCUT2D eigenvalue weighted by Crippen LogP contribution is 2.29. The van der Waals surface area contributed by atoms with Gasteiger partial charge in [-0.2, -0.15) is 0 Å². The molecule has 1 saturated heterocycles. The maximum atomic E-state index is 13.0. The first-order chi connectivity index (χ1) is 11.8. The van der Waals surface area contributed by atoms with Crippen LogP contribution in [-0.4, -0.2) is 55.6 Å². The fourth-order valence-electron chi connectivity index (χ4n) is 3.88. The average molecular weight is 356 g/mol. The summed E-state index contributed by atoms with van der Waals surface area (Å²) in [5.41, 5.74) is 0. The van der Waals surface area contributed by atoms with Crippen LogP contribution in [0.3, 0.4) is 0 Å². The Morgan fingerprint density at radius 1 is 1.16 bits per heavy atom. The number of ether oxygens (including phenoxy) is 2. The van der Waals surface area contributed by atoms with Gasteiger partial charge < -0.3 is 14.4 Å². The van der Waals surface area contributed by atoms with E-state index >= 15 is 0 Å². The number of methoxy groups -OCH3 is 2. The molecule has 0 aliphatic carbocycles. The first-order valence-electron chi connectivity index (χ1n) is 9.63. The Balaban J connectivity index is 2.83. The molecule has 1 heterocycles. The van der Waals surface area contributed by atoms with Crippen molar-refractivity contribution in [3.63, 3.8) is 0 Å². The lowest BCUT2D eigenvalue weighted by Crippen LogP contribution is -2.48. The minimum Gasteiger partial charge on any atom is -0.381 e. The average Bonchev–Trinajstić information content (AvgIpc) is 3.08. The number of nitrogens with zero attached hydrogens (tertiary/aromatic N) is 1. The zero-order valence-electron chi connectivity index (χ0n) is 17.1. The molecule has 5 nitrogen and oxygen atoms in total. The molecule has 1 amide bonds. The maximum Gasteiger partial charge on any atom is 0.225 e. The fraction of sp³-hybridized carbons (Fsp3) is 0.900. The molecule has 0 saturated carbocycles. The number of ketones is 1. The summed E-state index contributed by atoms with van der Waals surface area (Å²) in [4.78, 5) is 26.7. The van der Waals surface area contributed by atoms with Crippen LogP contribution in [0.25, 0.3) is 0 Å². The second-order valence-electron chi connectivity index (χ2n) is 7.62. The predicted octanol–water partition coefficient (Wildman–Crippen LogP) is 3.30. The van der Waals surface area contributed by atoms with Crippen molar-refractivity contribution in [3.8, 4) is 0 Å². The van der Waals surface area contributed by atoms with Crippen LogP contribution >= 0.6 is 0 Å². The third kappa shape index (κ3) is 5.52. The summed E-state index contributed by atoms with van der Waals surface area (Å²) < 4.78 is 11.3. The molecule has 0 radical (unpaired) electrons. The molecule has 0 aromatic rings. The highest BCUT2D eigenvalue weighted by atomic mass is 16.5. The molecule has 0 aromatic carbocycles. The van der Waals surface area contributed by atoms with E-state index in [1.165, 1.54) is 0 Å². The lowest BCUT2D eigenvalue weighted by molar-refractivity contribution is -0.141. The minimum atomic E-state index is -0.239. The molecule has 1 aliphatic rings. The maximum absolute atomic E-state index is 13.0. The van der Waals surface area contributed by atoms with Crippen LogP contribution in [0.15, 0.2) is 0 Å². The Hall–Kier alpha value is -0.940. The van der Waals surface area contributed by atoms with E-state index in [2.05, 4.69) is 20.8 Å². The van der Waals surface area contributed by atoms with Crippen LogP contribution < -0.4 is 0 Å². The van der Waals surface area contributed by atoms with Gasteiger partial charge in [-0.3, -0.25) is 9.59 Å². The predicted molar refractivity (Wildman–Crippen MR) is 99.4 cm³/mol. The quantitative estimate of drug-likeness (QED) is 0.603. The van der Waals surface area contributed by atoms with Crippen molar-refractivity contribution in [1.82, 2.24) is 4.90 Å². The molecule has 5 heteroatoms. The van der Waals surface area contributed by atoms with Gasteiger partial charge in [-0.15, -0.1) is 0 Å². The summed E-state index contributed by atoms with van der Waals surface area (Å²) in [6.07, 6.45) is 3.00. The lowest BCUT2D eigenvalue weighted by atomic mass is 9.87. The number of carbonyl (C=O) groups excluding carboxylic acids is 2. The number of amides is 1. The Morgan fingerprint density at radius 3 is 2.28 bits per heavy atom. The van der Waals surface area contributed by atoms with Crippen molar-refractivity contribution in [3.05, 3.63) is 0 Å². The van der Waals surface area contributed by atoms with Crippen LogP contribution in [-0.2, 0) is 19.1 Å². The van der Waals surface area contributed by atoms with E-state index in [-0.39, 0.29) is 35.9 Å². The number of hydrogen-bond donors (Lipinski definition) is 0. The highest BCUT2D eigenvalue weighted by Gasteiger charge is 2.39. The summed E-state index contributed by atoms with van der Waals surface area (Å²) in [7, 11) is 3.32. The molecule has 0 aromatic heterocycles. The van der Waals surface area contributed by atoms with E-state index in [0.717, 1.165) is 25.8 Å². The van der Waals surface area contributed by atoms with Gasteiger partial charge in [0.25, 0.3) is 0 Å². The molecule has 1 aliphatic heterocycles. The van der Waals surface area contributed by atoms with E-state index in [1.54, 1.807) is 21.1 Å². The second kappa shape index (κ2) is 10.3. The van der Waals surface area contributed by atoms with Gasteiger partial charge in [0.2, 0.25) is 5.91 Å². The highest BCUT2D eigenvalue weighted by molar-refractivity contribution is 5.80. The van der Waals surface area contributed by atoms with Gasteiger partial charge in [0.05, 0.1) is 24.7 Å². The minimum absolute atomic E-state index is 0.0205. The van der Waals surface area contributed by atoms with Crippen molar-refractivity contribution in [1.29, 1.82) is 0 Å². The smallest absolute Gasteiger partial charge is 0.225 e. The van der Waals surface area contributed by atoms with Gasteiger partial charge in [0.1, 0.15) is 5.78 Å². The van der Waals surface area contributed by atoms with Crippen LogP contribution in [0.5, 0.6) is 0 Å². The number of hydrogen-bond acceptors (Lipinski definition) is 4. The monoisotopic (exact) mass is 355 g/mol. The molecule has 1 unspecified atom stereocenters. The molecule has 0 spiro atoms. The summed E-state index contributed by atoms with van der Waals surface area (Å²) in [5, 5.41) is 0. The first kappa shape index (κ1) is 22.1. The zero-order chi connectivity index (χ0) is 19.1. The number of carbonyl (C=O) groups is 2. The Labute approximate surface area is 153 Å². The van der Waals surface area contributed by atoms with E-state index < -0.39 is 0 Å². The van der Waals surface area contributed by atoms with Gasteiger partial charge in [0, 0.05) is 26.7 Å². The second-order valence-corrected chi connectivity index (χ2v) is 7.62. The summed E-state index contributed by atoms with van der Waals surface area (Å²) in [6.45, 7) is 10.7. The summed E-state index contributed by atoms with van der Waals surface area (Å²) in [6, 6.07) is -0.0205. The van der Waals surface area contributed by atoms with E-state index in [1.807, 2.05) is 11.8 Å². The van der Waals surface area contributed by atoms with Crippen molar-refractivity contribution in [2.45, 2.75) is 78.6 Å². The summed E-state index contributed by atoms with van der Waals surface area (Å²) >= 11 is 0. The third-order valence-electron chi connectivity index (χ3n) is 6.21. The van der Waals surface area contributed by atoms with Gasteiger partial charge in [0.15, 0.2) is 0 Å². The van der Waals surface area contributed by atoms with Crippen molar-refractivity contribution in [2.75, 3.05) is 20.8 Å². The Bertz CT molecular complexity index is 439. The topological polar surface area (TPSA) is 55.8 Å². The van der Waals surface area contributed by atoms with Crippen LogP contribution in [0, 0.1) is 17.8 Å². The van der Waals surface area contributed by atoms with Crippen molar-refractivity contribution >= 4 is 11.7 Å². The Morgan fingerprint density at radius 2 is 1.80 bits per heavy atom. The molecule has 25 heavy (non-hydrogen) atoms. The molecular formula is C20H37NO4. The van der Waals surface area contributed by atoms with E-state index in [9.17, 15) is 9.59 Å². The lowest BCUT2D eigenvalue weighted by Gasteiger charge is -2.35. The number of rotatable bonds is 10. The SMILES string of the molecule is CCC(C)[C@@H](C)[C@H](CC(=O)N1CCC[C@@H]1[C@@H](OC)[C@H](C)C(C)=O)OC. The van der Waals surface area contributed by atoms with Gasteiger partial charge >= 0.3 is 0 Å². The van der Waals surface area contributed by atoms with Gasteiger partial charge in [-0.05, 0) is 31.6 Å². The molecule has 6 atom stereocenters. The number of likely N-dealkylation sites (tertiary alicyclic amines) is 1. The van der Waals surface area contributed by atoms with Crippen LogP contribution in [0.4, 0.5) is 0 Å². The number of Topliss-reactive ketones (excluding diaryl/α,β-unsaturated/α-hetero) is 1. The van der Waals surface area contributed by atoms with Crippen molar-refractivity contribution < 1.29 is 19.1 Å². The molecule has 0 bridgehead atoms. The first-order valence-corrected chi connectivity index (χ1v) is 9.63. The molecule has 0 N–H and O–H groups in total. The normalized spacial score (nSPS) is 23.8. The molecule has 1 fully saturated rings. The Kier molecular flexibility index (Phi) is 9.08. The largest absolute Gasteiger partial charge is 0.381 e. The molecule has 1 rings (SSSR count). The zero-order valence-corrected chi connectivity index (χ0v) is 17.1. The van der Waals surface area contributed by atoms with Crippen LogP contribution in [0.1, 0.15) is 60.3 Å². The van der Waals surface area contributed by atoms with E-state index in [4.69, 9.17) is 9.47 Å². The standard InChI is InChI=1S/C20H37NO4/c1-8-13(2)14(3)18(24-6)12-19(23)21-11-9-10-17(21)20(25-7)15(4)16(5)22/h13-15,17-18,20H,8-12H2,1-7H3/t13?,14-,15-,17-,18+,20+/m1/s1. The third-order valence-corrected chi connectivity index (χ3v) is 6.21. The van der Waals surface area contributed by atoms with E-state index in [0.29, 0.717) is 18.3 Å². The fourth-order valence-corrected chi connectivity index (χ4v) is 3.88.